The monoisotopic (exact) mass is 332 g/mol. The molecule has 1 atom stereocenters. The molecule has 0 aliphatic rings. The Kier molecular flexibility index (Phi) is 7.27. The molecule has 1 unspecified atom stereocenters. The summed E-state index contributed by atoms with van der Waals surface area (Å²) >= 11 is 0. The van der Waals surface area contributed by atoms with Gasteiger partial charge < -0.3 is 9.22 Å². The van der Waals surface area contributed by atoms with Crippen molar-refractivity contribution in [3.05, 3.63) is 42.5 Å². The molecule has 1 aromatic rings. The topological polar surface area (TPSA) is 26.3 Å². The van der Waals surface area contributed by atoms with E-state index in [4.69, 9.17) is 4.43 Å². The van der Waals surface area contributed by atoms with E-state index in [0.717, 1.165) is 17.6 Å². The Morgan fingerprint density at radius 3 is 1.83 bits per heavy atom. The van der Waals surface area contributed by atoms with Crippen LogP contribution in [-0.4, -0.2) is 14.6 Å². The average molecular weight is 333 g/mol. The highest BCUT2D eigenvalue weighted by Gasteiger charge is 2.46. The van der Waals surface area contributed by atoms with Crippen LogP contribution in [0.5, 0.6) is 5.75 Å². The van der Waals surface area contributed by atoms with Crippen molar-refractivity contribution in [3.63, 3.8) is 0 Å². The zero-order valence-electron chi connectivity index (χ0n) is 15.5. The van der Waals surface area contributed by atoms with E-state index in [2.05, 4.69) is 48.1 Å². The molecule has 0 bridgehead atoms. The molecule has 0 radical (unpaired) electrons. The third-order valence-corrected chi connectivity index (χ3v) is 10.9. The molecular weight excluding hydrogens is 300 g/mol. The molecule has 0 N–H and O–H groups in total. The van der Waals surface area contributed by atoms with Crippen molar-refractivity contribution in [2.45, 2.75) is 70.5 Å². The normalized spacial score (nSPS) is 13.4. The van der Waals surface area contributed by atoms with Gasteiger partial charge in [-0.05, 0) is 40.7 Å². The second-order valence-corrected chi connectivity index (χ2v) is 12.6. The molecule has 0 saturated heterocycles. The van der Waals surface area contributed by atoms with Crippen LogP contribution < -0.4 is 4.43 Å². The van der Waals surface area contributed by atoms with Crippen molar-refractivity contribution in [1.82, 2.24) is 0 Å². The fourth-order valence-electron chi connectivity index (χ4n) is 3.79. The van der Waals surface area contributed by atoms with Gasteiger partial charge in [0.05, 0.1) is 0 Å². The maximum atomic E-state index is 11.2. The summed E-state index contributed by atoms with van der Waals surface area (Å²) in [4.78, 5) is 11.2. The zero-order valence-corrected chi connectivity index (χ0v) is 16.5. The summed E-state index contributed by atoms with van der Waals surface area (Å²) in [7, 11) is -1.92. The van der Waals surface area contributed by atoms with Crippen molar-refractivity contribution in [3.8, 4) is 5.75 Å². The maximum Gasteiger partial charge on any atom is 0.258 e. The molecule has 0 aromatic heterocycles. The first kappa shape index (κ1) is 19.7. The predicted molar refractivity (Wildman–Crippen MR) is 102 cm³/mol. The lowest BCUT2D eigenvalue weighted by Crippen LogP contribution is -2.50. The minimum atomic E-state index is -1.92. The Balaban J connectivity index is 3.07. The lowest BCUT2D eigenvalue weighted by Gasteiger charge is -2.42. The van der Waals surface area contributed by atoms with Crippen molar-refractivity contribution in [2.75, 3.05) is 0 Å². The van der Waals surface area contributed by atoms with Crippen LogP contribution in [0.4, 0.5) is 0 Å². The molecule has 0 amide bonds. The number of allylic oxidation sites excluding steroid dienone is 1. The summed E-state index contributed by atoms with van der Waals surface area (Å²) in [5.41, 5.74) is 2.67. The highest BCUT2D eigenvalue weighted by Crippen LogP contribution is 2.42. The first-order chi connectivity index (χ1) is 10.8. The number of hydrogen-bond acceptors (Lipinski definition) is 2. The quantitative estimate of drug-likeness (QED) is 0.310. The zero-order chi connectivity index (χ0) is 17.6. The van der Waals surface area contributed by atoms with E-state index in [1.807, 2.05) is 24.3 Å². The summed E-state index contributed by atoms with van der Waals surface area (Å²) in [5.74, 6) is 0.823. The summed E-state index contributed by atoms with van der Waals surface area (Å²) in [6.45, 7) is 17.4. The van der Waals surface area contributed by atoms with Gasteiger partial charge in [-0.1, -0.05) is 59.8 Å². The maximum absolute atomic E-state index is 11.2. The standard InChI is InChI=1S/C20H32O2Si/c1-8-9-19(14-21)18-10-12-20(13-11-18)22-23(15(2)3,16(4)5)17(6)7/h8,10-17,19H,1,9H2,2-7H3. The van der Waals surface area contributed by atoms with E-state index in [1.54, 1.807) is 6.08 Å². The molecule has 0 fully saturated rings. The van der Waals surface area contributed by atoms with Crippen molar-refractivity contribution < 1.29 is 9.22 Å². The third-order valence-electron chi connectivity index (χ3n) is 4.89. The van der Waals surface area contributed by atoms with Crippen molar-refractivity contribution in [1.29, 1.82) is 0 Å². The minimum absolute atomic E-state index is 0.108. The van der Waals surface area contributed by atoms with Gasteiger partial charge in [0.25, 0.3) is 8.32 Å². The first-order valence-corrected chi connectivity index (χ1v) is 10.8. The molecule has 0 saturated carbocycles. The molecule has 0 spiro atoms. The molecular formula is C20H32O2Si. The Morgan fingerprint density at radius 2 is 1.48 bits per heavy atom. The van der Waals surface area contributed by atoms with Crippen molar-refractivity contribution >= 4 is 14.6 Å². The largest absolute Gasteiger partial charge is 0.543 e. The van der Waals surface area contributed by atoms with E-state index < -0.39 is 8.32 Å². The molecule has 0 aliphatic carbocycles. The van der Waals surface area contributed by atoms with Crippen molar-refractivity contribution in [2.24, 2.45) is 0 Å². The Labute approximate surface area is 143 Å². The van der Waals surface area contributed by atoms with Gasteiger partial charge in [-0.2, -0.15) is 0 Å². The Bertz CT molecular complexity index is 481. The lowest BCUT2D eigenvalue weighted by molar-refractivity contribution is -0.109. The van der Waals surface area contributed by atoms with Crippen LogP contribution in [0.25, 0.3) is 0 Å². The Hall–Kier alpha value is -1.35. The number of benzene rings is 1. The Morgan fingerprint density at radius 1 is 1.00 bits per heavy atom. The lowest BCUT2D eigenvalue weighted by atomic mass is 9.97. The first-order valence-electron chi connectivity index (χ1n) is 8.64. The van der Waals surface area contributed by atoms with Gasteiger partial charge >= 0.3 is 0 Å². The summed E-state index contributed by atoms with van der Waals surface area (Å²) < 4.78 is 6.65. The van der Waals surface area contributed by atoms with Gasteiger partial charge in [0.15, 0.2) is 0 Å². The molecule has 3 heteroatoms. The van der Waals surface area contributed by atoms with Gasteiger partial charge in [0.1, 0.15) is 12.0 Å². The number of aldehydes is 1. The number of hydrogen-bond donors (Lipinski definition) is 0. The van der Waals surface area contributed by atoms with Gasteiger partial charge in [0.2, 0.25) is 0 Å². The fourth-order valence-corrected chi connectivity index (χ4v) is 9.04. The van der Waals surface area contributed by atoms with Gasteiger partial charge in [-0.3, -0.25) is 0 Å². The van der Waals surface area contributed by atoms with Crippen LogP contribution in [0.3, 0.4) is 0 Å². The summed E-state index contributed by atoms with van der Waals surface area (Å²) in [6.07, 6.45) is 3.46. The van der Waals surface area contributed by atoms with Crippen LogP contribution in [0.15, 0.2) is 36.9 Å². The molecule has 128 valence electrons. The van der Waals surface area contributed by atoms with Gasteiger partial charge in [-0.25, -0.2) is 0 Å². The van der Waals surface area contributed by atoms with Gasteiger partial charge in [-0.15, -0.1) is 6.58 Å². The number of carbonyl (C=O) groups is 1. The molecule has 0 heterocycles. The number of carbonyl (C=O) groups excluding carboxylic acids is 1. The van der Waals surface area contributed by atoms with E-state index in [9.17, 15) is 4.79 Å². The third kappa shape index (κ3) is 4.35. The second-order valence-electron chi connectivity index (χ2n) is 7.26. The second kappa shape index (κ2) is 8.49. The van der Waals surface area contributed by atoms with E-state index >= 15 is 0 Å². The molecule has 2 nitrogen and oxygen atoms in total. The molecule has 23 heavy (non-hydrogen) atoms. The average Bonchev–Trinajstić information content (AvgIpc) is 2.50. The molecule has 1 aromatic carbocycles. The van der Waals surface area contributed by atoms with Gasteiger partial charge in [0, 0.05) is 5.92 Å². The predicted octanol–water partition coefficient (Wildman–Crippen LogP) is 6.10. The van der Waals surface area contributed by atoms with Crippen LogP contribution in [-0.2, 0) is 4.79 Å². The molecule has 0 aliphatic heterocycles. The van der Waals surface area contributed by atoms with E-state index in [-0.39, 0.29) is 5.92 Å². The minimum Gasteiger partial charge on any atom is -0.543 e. The van der Waals surface area contributed by atoms with Crippen LogP contribution in [0.1, 0.15) is 59.4 Å². The molecule has 1 rings (SSSR count). The summed E-state index contributed by atoms with van der Waals surface area (Å²) in [5, 5.41) is 0. The van der Waals surface area contributed by atoms with E-state index in [1.165, 1.54) is 0 Å². The van der Waals surface area contributed by atoms with Crippen LogP contribution in [0.2, 0.25) is 16.6 Å². The van der Waals surface area contributed by atoms with Crippen LogP contribution >= 0.6 is 0 Å². The summed E-state index contributed by atoms with van der Waals surface area (Å²) in [6, 6.07) is 8.06. The highest BCUT2D eigenvalue weighted by atomic mass is 28.4. The smallest absolute Gasteiger partial charge is 0.258 e. The number of rotatable bonds is 9. The SMILES string of the molecule is C=CCC(C=O)c1ccc(O[Si](C(C)C)(C(C)C)C(C)C)cc1. The van der Waals surface area contributed by atoms with E-state index in [0.29, 0.717) is 23.0 Å². The highest BCUT2D eigenvalue weighted by molar-refractivity contribution is 6.78. The van der Waals surface area contributed by atoms with Crippen LogP contribution in [0, 0.1) is 0 Å². The fraction of sp³-hybridized carbons (Fsp3) is 0.550.